The molecule has 18 heavy (non-hydrogen) atoms. The normalized spacial score (nSPS) is 12.1. The van der Waals surface area contributed by atoms with E-state index in [1.165, 1.54) is 19.2 Å². The minimum absolute atomic E-state index is 0.101. The van der Waals surface area contributed by atoms with Gasteiger partial charge in [-0.2, -0.15) is 0 Å². The third-order valence-corrected chi connectivity index (χ3v) is 2.53. The minimum atomic E-state index is -0.973. The van der Waals surface area contributed by atoms with Gasteiger partial charge in [0.25, 0.3) is 0 Å². The second-order valence-electron chi connectivity index (χ2n) is 3.74. The van der Waals surface area contributed by atoms with E-state index < -0.39 is 18.0 Å². The molecule has 1 heterocycles. The number of carboxylic acids is 1. The van der Waals surface area contributed by atoms with E-state index in [-0.39, 0.29) is 31.0 Å². The van der Waals surface area contributed by atoms with Crippen LogP contribution in [0.1, 0.15) is 25.3 Å². The van der Waals surface area contributed by atoms with Crippen LogP contribution in [0.2, 0.25) is 0 Å². The van der Waals surface area contributed by atoms with Crippen molar-refractivity contribution in [3.8, 4) is 11.8 Å². The summed E-state index contributed by atoms with van der Waals surface area (Å²) in [6.07, 6.45) is 0.275. The number of rotatable bonds is 6. The molecule has 0 saturated heterocycles. The first-order valence-corrected chi connectivity index (χ1v) is 5.36. The van der Waals surface area contributed by atoms with Crippen LogP contribution in [0.4, 0.5) is 0 Å². The third kappa shape index (κ3) is 3.16. The van der Waals surface area contributed by atoms with Gasteiger partial charge in [0.1, 0.15) is 6.04 Å². The quantitative estimate of drug-likeness (QED) is 0.652. The molecular formula is C11H15NO6. The number of hydrogen-bond donors (Lipinski definition) is 3. The van der Waals surface area contributed by atoms with Crippen LogP contribution in [0.5, 0.6) is 11.8 Å². The zero-order valence-corrected chi connectivity index (χ0v) is 9.87. The molecule has 1 rings (SSSR count). The first-order valence-electron chi connectivity index (χ1n) is 5.36. The standard InChI is InChI=1S/C11H15NO6/c1-18-11(17)7(3-2-4-10(15)16)12-8(13)5-6-9(12)14/h5-7,13-14H,2-4H2,1H3,(H,15,16). The lowest BCUT2D eigenvalue weighted by Gasteiger charge is -2.17. The molecule has 0 radical (unpaired) electrons. The van der Waals surface area contributed by atoms with E-state index in [0.29, 0.717) is 0 Å². The predicted octanol–water partition coefficient (Wildman–Crippen LogP) is 0.868. The fourth-order valence-electron chi connectivity index (χ4n) is 1.68. The lowest BCUT2D eigenvalue weighted by atomic mass is 10.1. The summed E-state index contributed by atoms with van der Waals surface area (Å²) in [5, 5.41) is 27.6. The maximum absolute atomic E-state index is 11.6. The van der Waals surface area contributed by atoms with Crippen molar-refractivity contribution in [2.75, 3.05) is 7.11 Å². The Balaban J connectivity index is 2.85. The summed E-state index contributed by atoms with van der Waals surface area (Å²) in [6.45, 7) is 0. The number of hydrogen-bond acceptors (Lipinski definition) is 5. The average molecular weight is 257 g/mol. The van der Waals surface area contributed by atoms with Gasteiger partial charge in [-0.15, -0.1) is 0 Å². The summed E-state index contributed by atoms with van der Waals surface area (Å²) in [4.78, 5) is 22.0. The zero-order valence-electron chi connectivity index (χ0n) is 9.87. The van der Waals surface area contributed by atoms with Gasteiger partial charge in [-0.05, 0) is 12.8 Å². The lowest BCUT2D eigenvalue weighted by molar-refractivity contribution is -0.145. The Hall–Kier alpha value is -2.18. The number of esters is 1. The molecule has 7 nitrogen and oxygen atoms in total. The molecule has 3 N–H and O–H groups in total. The van der Waals surface area contributed by atoms with E-state index in [0.717, 1.165) is 4.57 Å². The first-order chi connectivity index (χ1) is 8.47. The van der Waals surface area contributed by atoms with Gasteiger partial charge in [-0.25, -0.2) is 4.79 Å². The fraction of sp³-hybridized carbons (Fsp3) is 0.455. The van der Waals surface area contributed by atoms with Gasteiger partial charge in [0.05, 0.1) is 7.11 Å². The molecule has 1 aromatic rings. The van der Waals surface area contributed by atoms with Crippen LogP contribution in [-0.2, 0) is 14.3 Å². The molecule has 0 aliphatic heterocycles. The van der Waals surface area contributed by atoms with Gasteiger partial charge < -0.3 is 20.1 Å². The topological polar surface area (TPSA) is 109 Å². The van der Waals surface area contributed by atoms with Gasteiger partial charge in [0.2, 0.25) is 0 Å². The molecule has 0 aromatic carbocycles. The lowest BCUT2D eigenvalue weighted by Crippen LogP contribution is -2.20. The van der Waals surface area contributed by atoms with Gasteiger partial charge >= 0.3 is 11.9 Å². The Bertz CT molecular complexity index is 419. The van der Waals surface area contributed by atoms with Crippen molar-refractivity contribution < 1.29 is 29.6 Å². The number of methoxy groups -OCH3 is 1. The molecule has 0 aliphatic rings. The Labute approximate surface area is 103 Å². The van der Waals surface area contributed by atoms with E-state index in [1.807, 2.05) is 0 Å². The second-order valence-corrected chi connectivity index (χ2v) is 3.74. The molecular weight excluding hydrogens is 242 g/mol. The highest BCUT2D eigenvalue weighted by Crippen LogP contribution is 2.30. The molecule has 0 fully saturated rings. The largest absolute Gasteiger partial charge is 0.494 e. The molecule has 1 unspecified atom stereocenters. The summed E-state index contributed by atoms with van der Waals surface area (Å²) < 4.78 is 5.58. The predicted molar refractivity (Wildman–Crippen MR) is 60.3 cm³/mol. The van der Waals surface area contributed by atoms with Crippen molar-refractivity contribution in [3.05, 3.63) is 12.1 Å². The molecule has 0 spiro atoms. The zero-order chi connectivity index (χ0) is 13.7. The maximum Gasteiger partial charge on any atom is 0.329 e. The van der Waals surface area contributed by atoms with Gasteiger partial charge in [-0.1, -0.05) is 0 Å². The van der Waals surface area contributed by atoms with E-state index in [2.05, 4.69) is 4.74 Å². The van der Waals surface area contributed by atoms with Gasteiger partial charge in [-0.3, -0.25) is 9.36 Å². The smallest absolute Gasteiger partial charge is 0.329 e. The number of ether oxygens (including phenoxy) is 1. The summed E-state index contributed by atoms with van der Waals surface area (Å²) in [7, 11) is 1.18. The summed E-state index contributed by atoms with van der Waals surface area (Å²) >= 11 is 0. The van der Waals surface area contributed by atoms with Crippen molar-refractivity contribution >= 4 is 11.9 Å². The van der Waals surface area contributed by atoms with E-state index in [9.17, 15) is 19.8 Å². The Morgan fingerprint density at radius 3 is 2.33 bits per heavy atom. The van der Waals surface area contributed by atoms with Crippen molar-refractivity contribution in [2.24, 2.45) is 0 Å². The van der Waals surface area contributed by atoms with E-state index in [4.69, 9.17) is 5.11 Å². The number of carbonyl (C=O) groups excluding carboxylic acids is 1. The van der Waals surface area contributed by atoms with E-state index >= 15 is 0 Å². The Kier molecular flexibility index (Phi) is 4.59. The van der Waals surface area contributed by atoms with Crippen molar-refractivity contribution in [1.82, 2.24) is 4.57 Å². The average Bonchev–Trinajstić information content (AvgIpc) is 2.64. The first kappa shape index (κ1) is 13.9. The number of carbonyl (C=O) groups is 2. The number of carboxylic acid groups (broad SMARTS) is 1. The van der Waals surface area contributed by atoms with Crippen molar-refractivity contribution in [2.45, 2.75) is 25.3 Å². The van der Waals surface area contributed by atoms with Crippen LogP contribution in [0.3, 0.4) is 0 Å². The highest BCUT2D eigenvalue weighted by Gasteiger charge is 2.25. The van der Waals surface area contributed by atoms with Gasteiger partial charge in [0, 0.05) is 18.6 Å². The van der Waals surface area contributed by atoms with E-state index in [1.54, 1.807) is 0 Å². The summed E-state index contributed by atoms with van der Waals surface area (Å²) in [5.41, 5.74) is 0. The van der Waals surface area contributed by atoms with Crippen LogP contribution < -0.4 is 0 Å². The molecule has 0 amide bonds. The van der Waals surface area contributed by atoms with Crippen molar-refractivity contribution in [3.63, 3.8) is 0 Å². The number of aromatic hydroxyl groups is 2. The highest BCUT2D eigenvalue weighted by molar-refractivity contribution is 5.75. The molecule has 0 bridgehead atoms. The summed E-state index contributed by atoms with van der Waals surface area (Å²) in [6, 6.07) is 1.54. The van der Waals surface area contributed by atoms with Crippen LogP contribution in [-0.4, -0.2) is 38.9 Å². The molecule has 0 aliphatic carbocycles. The van der Waals surface area contributed by atoms with Gasteiger partial charge in [0.15, 0.2) is 11.8 Å². The molecule has 1 aromatic heterocycles. The SMILES string of the molecule is COC(=O)C(CCCC(=O)O)n1c(O)ccc1O. The molecule has 0 saturated carbocycles. The van der Waals surface area contributed by atoms with Crippen LogP contribution in [0.15, 0.2) is 12.1 Å². The summed E-state index contributed by atoms with van der Waals surface area (Å²) in [5.74, 6) is -2.18. The molecule has 1 atom stereocenters. The van der Waals surface area contributed by atoms with Crippen LogP contribution in [0, 0.1) is 0 Å². The number of nitrogens with zero attached hydrogens (tertiary/aromatic N) is 1. The van der Waals surface area contributed by atoms with Crippen LogP contribution in [0.25, 0.3) is 0 Å². The van der Waals surface area contributed by atoms with Crippen molar-refractivity contribution in [1.29, 1.82) is 0 Å². The number of aliphatic carboxylic acids is 1. The van der Waals surface area contributed by atoms with Crippen LogP contribution >= 0.6 is 0 Å². The number of aromatic nitrogens is 1. The monoisotopic (exact) mass is 257 g/mol. The third-order valence-electron chi connectivity index (χ3n) is 2.53. The highest BCUT2D eigenvalue weighted by atomic mass is 16.5. The maximum atomic E-state index is 11.6. The Morgan fingerprint density at radius 2 is 1.89 bits per heavy atom. The fourth-order valence-corrected chi connectivity index (χ4v) is 1.68. The second kappa shape index (κ2) is 5.95. The molecule has 7 heteroatoms. The Morgan fingerprint density at radius 1 is 1.33 bits per heavy atom. The molecule has 100 valence electrons. The minimum Gasteiger partial charge on any atom is -0.494 e.